The van der Waals surface area contributed by atoms with Crippen molar-refractivity contribution < 1.29 is 14.3 Å². The zero-order valence-electron chi connectivity index (χ0n) is 15.7. The van der Waals surface area contributed by atoms with Crippen LogP contribution in [0.15, 0.2) is 66.7 Å². The van der Waals surface area contributed by atoms with Gasteiger partial charge < -0.3 is 9.47 Å². The monoisotopic (exact) mass is 423 g/mol. The number of halogens is 1. The highest BCUT2D eigenvalue weighted by atomic mass is 35.5. The number of esters is 1. The SMILES string of the molecule is Cc1ccc(OCCOC(=O)c2cc(-c3ccc(Cl)s3)nc3ccccc23)cc1. The Hall–Kier alpha value is -2.89. The third-order valence-corrected chi connectivity index (χ3v) is 5.62. The molecule has 2 aromatic carbocycles. The summed E-state index contributed by atoms with van der Waals surface area (Å²) in [6.07, 6.45) is 0. The predicted octanol–water partition coefficient (Wildman–Crippen LogP) is 6.16. The van der Waals surface area contributed by atoms with Crippen LogP contribution in [0.5, 0.6) is 5.75 Å². The first-order chi connectivity index (χ1) is 14.1. The number of pyridine rings is 1. The van der Waals surface area contributed by atoms with E-state index in [4.69, 9.17) is 21.1 Å². The van der Waals surface area contributed by atoms with Gasteiger partial charge >= 0.3 is 5.97 Å². The number of hydrogen-bond donors (Lipinski definition) is 0. The second-order valence-corrected chi connectivity index (χ2v) is 8.19. The summed E-state index contributed by atoms with van der Waals surface area (Å²) in [5.74, 6) is 0.345. The second-order valence-electron chi connectivity index (χ2n) is 6.47. The normalized spacial score (nSPS) is 10.8. The van der Waals surface area contributed by atoms with Crippen LogP contribution in [0.4, 0.5) is 0 Å². The minimum atomic E-state index is -0.403. The number of benzene rings is 2. The minimum absolute atomic E-state index is 0.156. The number of aryl methyl sites for hydroxylation is 1. The van der Waals surface area contributed by atoms with Gasteiger partial charge in [0.15, 0.2) is 0 Å². The molecule has 0 bridgehead atoms. The predicted molar refractivity (Wildman–Crippen MR) is 117 cm³/mol. The van der Waals surface area contributed by atoms with Gasteiger partial charge in [-0.2, -0.15) is 0 Å². The summed E-state index contributed by atoms with van der Waals surface area (Å²) in [6.45, 7) is 2.46. The van der Waals surface area contributed by atoms with E-state index in [-0.39, 0.29) is 13.2 Å². The molecule has 146 valence electrons. The maximum absolute atomic E-state index is 12.8. The Morgan fingerprint density at radius 3 is 2.59 bits per heavy atom. The molecule has 0 aliphatic carbocycles. The van der Waals surface area contributed by atoms with Crippen molar-refractivity contribution in [3.63, 3.8) is 0 Å². The first kappa shape index (κ1) is 19.4. The lowest BCUT2D eigenvalue weighted by Gasteiger charge is -2.10. The highest BCUT2D eigenvalue weighted by Crippen LogP contribution is 2.32. The molecule has 0 aliphatic heterocycles. The van der Waals surface area contributed by atoms with Crippen LogP contribution in [0.25, 0.3) is 21.5 Å². The summed E-state index contributed by atoms with van der Waals surface area (Å²) in [4.78, 5) is 18.3. The van der Waals surface area contributed by atoms with E-state index < -0.39 is 5.97 Å². The Morgan fingerprint density at radius 1 is 1.03 bits per heavy atom. The Balaban J connectivity index is 1.51. The fraction of sp³-hybridized carbons (Fsp3) is 0.130. The number of carbonyl (C=O) groups is 1. The lowest BCUT2D eigenvalue weighted by atomic mass is 10.1. The molecular formula is C23H18ClNO3S. The molecule has 4 rings (SSSR count). The molecule has 0 fully saturated rings. The molecule has 4 aromatic rings. The van der Waals surface area contributed by atoms with Crippen molar-refractivity contribution in [3.05, 3.63) is 82.2 Å². The van der Waals surface area contributed by atoms with Crippen molar-refractivity contribution in [1.29, 1.82) is 0 Å². The van der Waals surface area contributed by atoms with Crippen molar-refractivity contribution in [2.24, 2.45) is 0 Å². The summed E-state index contributed by atoms with van der Waals surface area (Å²) < 4.78 is 11.8. The molecule has 0 atom stereocenters. The average molecular weight is 424 g/mol. The van der Waals surface area contributed by atoms with Crippen LogP contribution in [0.3, 0.4) is 0 Å². The second kappa shape index (κ2) is 8.64. The number of para-hydroxylation sites is 1. The van der Waals surface area contributed by atoms with E-state index in [9.17, 15) is 4.79 Å². The van der Waals surface area contributed by atoms with Crippen molar-refractivity contribution in [2.75, 3.05) is 13.2 Å². The van der Waals surface area contributed by atoms with Crippen LogP contribution < -0.4 is 4.74 Å². The lowest BCUT2D eigenvalue weighted by molar-refractivity contribution is 0.0452. The smallest absolute Gasteiger partial charge is 0.339 e. The number of hydrogen-bond acceptors (Lipinski definition) is 5. The maximum Gasteiger partial charge on any atom is 0.339 e. The van der Waals surface area contributed by atoms with Crippen LogP contribution >= 0.6 is 22.9 Å². The van der Waals surface area contributed by atoms with Crippen molar-refractivity contribution in [1.82, 2.24) is 4.98 Å². The molecule has 29 heavy (non-hydrogen) atoms. The summed E-state index contributed by atoms with van der Waals surface area (Å²) in [5, 5.41) is 0.753. The highest BCUT2D eigenvalue weighted by Gasteiger charge is 2.16. The van der Waals surface area contributed by atoms with Crippen molar-refractivity contribution in [2.45, 2.75) is 6.92 Å². The van der Waals surface area contributed by atoms with Gasteiger partial charge in [0.25, 0.3) is 0 Å². The molecule has 0 N–H and O–H groups in total. The molecule has 6 heteroatoms. The van der Waals surface area contributed by atoms with E-state index in [2.05, 4.69) is 4.98 Å². The Morgan fingerprint density at radius 2 is 1.83 bits per heavy atom. The summed E-state index contributed by atoms with van der Waals surface area (Å²) in [7, 11) is 0. The Bertz CT molecular complexity index is 1150. The van der Waals surface area contributed by atoms with Crippen LogP contribution in [-0.4, -0.2) is 24.2 Å². The van der Waals surface area contributed by atoms with Gasteiger partial charge in [-0.1, -0.05) is 47.5 Å². The Labute approximate surface area is 177 Å². The van der Waals surface area contributed by atoms with Gasteiger partial charge in [0.2, 0.25) is 0 Å². The van der Waals surface area contributed by atoms with Crippen LogP contribution in [-0.2, 0) is 4.74 Å². The maximum atomic E-state index is 12.8. The van der Waals surface area contributed by atoms with Gasteiger partial charge in [0.05, 0.1) is 26.0 Å². The van der Waals surface area contributed by atoms with Crippen LogP contribution in [0.1, 0.15) is 15.9 Å². The van der Waals surface area contributed by atoms with Crippen molar-refractivity contribution in [3.8, 4) is 16.3 Å². The lowest BCUT2D eigenvalue weighted by Crippen LogP contribution is -2.13. The molecule has 0 amide bonds. The fourth-order valence-corrected chi connectivity index (χ4v) is 3.93. The third kappa shape index (κ3) is 4.58. The van der Waals surface area contributed by atoms with Gasteiger partial charge in [-0.25, -0.2) is 9.78 Å². The van der Waals surface area contributed by atoms with Gasteiger partial charge in [-0.15, -0.1) is 11.3 Å². The quantitative estimate of drug-likeness (QED) is 0.275. The molecule has 0 radical (unpaired) electrons. The standard InChI is InChI=1S/C23H18ClNO3S/c1-15-6-8-16(9-7-15)27-12-13-28-23(26)18-14-20(21-10-11-22(24)29-21)25-19-5-3-2-4-17(18)19/h2-11,14H,12-13H2,1H3. The third-order valence-electron chi connectivity index (χ3n) is 4.37. The van der Waals surface area contributed by atoms with Crippen LogP contribution in [0, 0.1) is 6.92 Å². The van der Waals surface area contributed by atoms with Gasteiger partial charge in [0.1, 0.15) is 19.0 Å². The number of rotatable bonds is 6. The summed E-state index contributed by atoms with van der Waals surface area (Å²) in [6, 6.07) is 20.7. The molecule has 4 nitrogen and oxygen atoms in total. The average Bonchev–Trinajstić information content (AvgIpc) is 3.18. The highest BCUT2D eigenvalue weighted by molar-refractivity contribution is 7.19. The van der Waals surface area contributed by atoms with E-state index >= 15 is 0 Å². The summed E-state index contributed by atoms with van der Waals surface area (Å²) in [5.41, 5.74) is 3.07. The molecule has 0 aliphatic rings. The zero-order chi connectivity index (χ0) is 20.2. The summed E-state index contributed by atoms with van der Waals surface area (Å²) >= 11 is 7.48. The number of fused-ring (bicyclic) bond motifs is 1. The fourth-order valence-electron chi connectivity index (χ4n) is 2.93. The van der Waals surface area contributed by atoms with Gasteiger partial charge in [-0.3, -0.25) is 0 Å². The van der Waals surface area contributed by atoms with Gasteiger partial charge in [0, 0.05) is 5.39 Å². The van der Waals surface area contributed by atoms with Crippen LogP contribution in [0.2, 0.25) is 4.34 Å². The zero-order valence-corrected chi connectivity index (χ0v) is 17.3. The van der Waals surface area contributed by atoms with E-state index in [1.807, 2.05) is 67.6 Å². The molecular weight excluding hydrogens is 406 g/mol. The molecule has 0 saturated heterocycles. The number of ether oxygens (including phenoxy) is 2. The molecule has 0 unspecified atom stereocenters. The van der Waals surface area contributed by atoms with E-state index in [1.54, 1.807) is 6.07 Å². The number of aromatic nitrogens is 1. The Kier molecular flexibility index (Phi) is 5.79. The number of thiophene rings is 1. The van der Waals surface area contributed by atoms with E-state index in [0.29, 0.717) is 15.6 Å². The first-order valence-corrected chi connectivity index (χ1v) is 10.3. The topological polar surface area (TPSA) is 48.4 Å². The molecule has 2 heterocycles. The largest absolute Gasteiger partial charge is 0.490 e. The van der Waals surface area contributed by atoms with E-state index in [1.165, 1.54) is 11.3 Å². The number of nitrogens with zero attached hydrogens (tertiary/aromatic N) is 1. The first-order valence-electron chi connectivity index (χ1n) is 9.12. The minimum Gasteiger partial charge on any atom is -0.490 e. The van der Waals surface area contributed by atoms with Crippen molar-refractivity contribution >= 4 is 39.8 Å². The van der Waals surface area contributed by atoms with Gasteiger partial charge in [-0.05, 0) is 43.3 Å². The molecule has 0 saturated carbocycles. The molecule has 0 spiro atoms. The number of carbonyl (C=O) groups excluding carboxylic acids is 1. The molecule has 2 aromatic heterocycles. The van der Waals surface area contributed by atoms with E-state index in [0.717, 1.165) is 27.1 Å².